The predicted molar refractivity (Wildman–Crippen MR) is 67.8 cm³/mol. The van der Waals surface area contributed by atoms with Gasteiger partial charge in [-0.3, -0.25) is 9.59 Å². The first-order chi connectivity index (χ1) is 9.22. The summed E-state index contributed by atoms with van der Waals surface area (Å²) in [5.74, 6) is 1.26. The summed E-state index contributed by atoms with van der Waals surface area (Å²) in [6.45, 7) is 1.79. The smallest absolute Gasteiger partial charge is 0.225 e. The van der Waals surface area contributed by atoms with Crippen LogP contribution in [0.5, 0.6) is 0 Å². The van der Waals surface area contributed by atoms with Gasteiger partial charge < -0.3 is 15.2 Å². The van der Waals surface area contributed by atoms with Crippen molar-refractivity contribution in [2.75, 3.05) is 13.1 Å². The molecule has 6 heteroatoms. The van der Waals surface area contributed by atoms with Crippen molar-refractivity contribution < 1.29 is 9.59 Å². The molecule has 0 bridgehead atoms. The van der Waals surface area contributed by atoms with Gasteiger partial charge in [-0.1, -0.05) is 0 Å². The van der Waals surface area contributed by atoms with Gasteiger partial charge in [0.15, 0.2) is 0 Å². The molecule has 6 nitrogen and oxygen atoms in total. The number of H-pyrrole nitrogens is 1. The highest BCUT2D eigenvalue weighted by Gasteiger charge is 2.36. The largest absolute Gasteiger partial charge is 0.349 e. The van der Waals surface area contributed by atoms with E-state index < -0.39 is 0 Å². The summed E-state index contributed by atoms with van der Waals surface area (Å²) in [4.78, 5) is 32.6. The molecule has 2 fully saturated rings. The van der Waals surface area contributed by atoms with Crippen molar-refractivity contribution in [2.45, 2.75) is 25.8 Å². The van der Waals surface area contributed by atoms with E-state index in [9.17, 15) is 9.59 Å². The molecule has 0 spiro atoms. The molecule has 102 valence electrons. The van der Waals surface area contributed by atoms with E-state index >= 15 is 0 Å². The number of amides is 2. The Morgan fingerprint density at radius 2 is 2.37 bits per heavy atom. The highest BCUT2D eigenvalue weighted by molar-refractivity contribution is 5.89. The second-order valence-corrected chi connectivity index (χ2v) is 5.40. The Morgan fingerprint density at radius 3 is 3.05 bits per heavy atom. The number of nitrogens with one attached hydrogen (secondary N) is 2. The Hall–Kier alpha value is -1.85. The maximum absolute atomic E-state index is 12.0. The maximum atomic E-state index is 12.0. The molecule has 3 rings (SSSR count). The standard InChI is InChI=1S/C13H18N4O2/c18-12-5-10(8-17(12)7-9-1-2-9)13(19)16-6-11-14-3-4-15-11/h3-4,9-10H,1-2,5-8H2,(H,14,15)(H,16,19). The van der Waals surface area contributed by atoms with E-state index in [4.69, 9.17) is 0 Å². The average molecular weight is 262 g/mol. The number of nitrogens with zero attached hydrogens (tertiary/aromatic N) is 2. The van der Waals surface area contributed by atoms with Crippen LogP contribution in [0.4, 0.5) is 0 Å². The molecule has 2 amide bonds. The van der Waals surface area contributed by atoms with Gasteiger partial charge in [-0.2, -0.15) is 0 Å². The summed E-state index contributed by atoms with van der Waals surface area (Å²) < 4.78 is 0. The third-order valence-electron chi connectivity index (χ3n) is 3.75. The van der Waals surface area contributed by atoms with Crippen LogP contribution in [0.1, 0.15) is 25.1 Å². The lowest BCUT2D eigenvalue weighted by Gasteiger charge is -2.15. The summed E-state index contributed by atoms with van der Waals surface area (Å²) >= 11 is 0. The summed E-state index contributed by atoms with van der Waals surface area (Å²) in [7, 11) is 0. The Balaban J connectivity index is 1.48. The van der Waals surface area contributed by atoms with Crippen LogP contribution < -0.4 is 5.32 Å². The Morgan fingerprint density at radius 1 is 1.53 bits per heavy atom. The highest BCUT2D eigenvalue weighted by atomic mass is 16.2. The van der Waals surface area contributed by atoms with Gasteiger partial charge in [0.05, 0.1) is 12.5 Å². The zero-order valence-electron chi connectivity index (χ0n) is 10.8. The van der Waals surface area contributed by atoms with Gasteiger partial charge >= 0.3 is 0 Å². The van der Waals surface area contributed by atoms with Crippen molar-refractivity contribution in [1.29, 1.82) is 0 Å². The van der Waals surface area contributed by atoms with Crippen LogP contribution in [-0.2, 0) is 16.1 Å². The molecular formula is C13H18N4O2. The number of carbonyl (C=O) groups is 2. The Labute approximate surface area is 111 Å². The van der Waals surface area contributed by atoms with Gasteiger partial charge in [-0.05, 0) is 18.8 Å². The second kappa shape index (κ2) is 5.03. The molecule has 1 atom stereocenters. The van der Waals surface area contributed by atoms with E-state index in [0.29, 0.717) is 25.4 Å². The first kappa shape index (κ1) is 12.2. The minimum absolute atomic E-state index is 0.0527. The van der Waals surface area contributed by atoms with Gasteiger partial charge in [0.25, 0.3) is 0 Å². The van der Waals surface area contributed by atoms with Crippen LogP contribution in [0.25, 0.3) is 0 Å². The van der Waals surface area contributed by atoms with E-state index in [0.717, 1.165) is 12.4 Å². The molecule has 1 aliphatic heterocycles. The van der Waals surface area contributed by atoms with Crippen LogP contribution >= 0.6 is 0 Å². The fourth-order valence-electron chi connectivity index (χ4n) is 2.45. The molecule has 1 saturated heterocycles. The van der Waals surface area contributed by atoms with E-state index in [2.05, 4.69) is 15.3 Å². The monoisotopic (exact) mass is 262 g/mol. The molecule has 0 radical (unpaired) electrons. The third-order valence-corrected chi connectivity index (χ3v) is 3.75. The predicted octanol–water partition coefficient (Wildman–Crippen LogP) is 0.284. The normalized spacial score (nSPS) is 22.8. The quantitative estimate of drug-likeness (QED) is 0.800. The van der Waals surface area contributed by atoms with Gasteiger partial charge in [-0.25, -0.2) is 4.98 Å². The van der Waals surface area contributed by atoms with Crippen LogP contribution in [0.3, 0.4) is 0 Å². The minimum atomic E-state index is -0.207. The topological polar surface area (TPSA) is 78.1 Å². The lowest BCUT2D eigenvalue weighted by atomic mass is 10.1. The number of carbonyl (C=O) groups excluding carboxylic acids is 2. The zero-order chi connectivity index (χ0) is 13.2. The molecule has 2 N–H and O–H groups in total. The molecule has 1 saturated carbocycles. The van der Waals surface area contributed by atoms with Crippen LogP contribution in [0, 0.1) is 11.8 Å². The molecule has 19 heavy (non-hydrogen) atoms. The molecule has 2 heterocycles. The van der Waals surface area contributed by atoms with Gasteiger partial charge in [0.1, 0.15) is 5.82 Å². The molecule has 2 aliphatic rings. The van der Waals surface area contributed by atoms with Crippen LogP contribution in [-0.4, -0.2) is 39.8 Å². The van der Waals surface area contributed by atoms with Crippen molar-refractivity contribution >= 4 is 11.8 Å². The van der Waals surface area contributed by atoms with Crippen molar-refractivity contribution in [3.63, 3.8) is 0 Å². The zero-order valence-corrected chi connectivity index (χ0v) is 10.8. The number of likely N-dealkylation sites (tertiary alicyclic amines) is 1. The minimum Gasteiger partial charge on any atom is -0.349 e. The van der Waals surface area contributed by atoms with Crippen molar-refractivity contribution in [3.05, 3.63) is 18.2 Å². The van der Waals surface area contributed by atoms with Crippen molar-refractivity contribution in [2.24, 2.45) is 11.8 Å². The summed E-state index contributed by atoms with van der Waals surface area (Å²) in [5.41, 5.74) is 0. The van der Waals surface area contributed by atoms with Crippen LogP contribution in [0.2, 0.25) is 0 Å². The van der Waals surface area contributed by atoms with E-state index in [1.165, 1.54) is 12.8 Å². The molecule has 1 aromatic rings. The van der Waals surface area contributed by atoms with Crippen LogP contribution in [0.15, 0.2) is 12.4 Å². The number of aromatic nitrogens is 2. The number of imidazole rings is 1. The lowest BCUT2D eigenvalue weighted by molar-refractivity contribution is -0.129. The first-order valence-electron chi connectivity index (χ1n) is 6.76. The van der Waals surface area contributed by atoms with E-state index in [1.807, 2.05) is 4.90 Å². The Kier molecular flexibility index (Phi) is 3.23. The van der Waals surface area contributed by atoms with Gasteiger partial charge in [0, 0.05) is 31.9 Å². The fraction of sp³-hybridized carbons (Fsp3) is 0.615. The lowest BCUT2D eigenvalue weighted by Crippen LogP contribution is -2.33. The maximum Gasteiger partial charge on any atom is 0.225 e. The van der Waals surface area contributed by atoms with Gasteiger partial charge in [0.2, 0.25) is 11.8 Å². The summed E-state index contributed by atoms with van der Waals surface area (Å²) in [6, 6.07) is 0. The number of aromatic amines is 1. The molecule has 0 aromatic carbocycles. The molecular weight excluding hydrogens is 244 g/mol. The second-order valence-electron chi connectivity index (χ2n) is 5.40. The number of hydrogen-bond donors (Lipinski definition) is 2. The Bertz CT molecular complexity index is 467. The van der Waals surface area contributed by atoms with E-state index in [-0.39, 0.29) is 17.7 Å². The van der Waals surface area contributed by atoms with Gasteiger partial charge in [-0.15, -0.1) is 0 Å². The highest BCUT2D eigenvalue weighted by Crippen LogP contribution is 2.31. The number of hydrogen-bond acceptors (Lipinski definition) is 3. The third kappa shape index (κ3) is 2.94. The summed E-state index contributed by atoms with van der Waals surface area (Å²) in [5, 5.41) is 2.83. The first-order valence-corrected chi connectivity index (χ1v) is 6.76. The average Bonchev–Trinajstić information content (AvgIpc) is 2.91. The molecule has 1 aliphatic carbocycles. The molecule has 1 aromatic heterocycles. The SMILES string of the molecule is O=C(NCc1ncc[nH]1)C1CC(=O)N(CC2CC2)C1. The number of rotatable bonds is 5. The van der Waals surface area contributed by atoms with Crippen molar-refractivity contribution in [1.82, 2.24) is 20.2 Å². The summed E-state index contributed by atoms with van der Waals surface area (Å²) in [6.07, 6.45) is 6.16. The van der Waals surface area contributed by atoms with E-state index in [1.54, 1.807) is 12.4 Å². The van der Waals surface area contributed by atoms with Crippen molar-refractivity contribution in [3.8, 4) is 0 Å². The fourth-order valence-corrected chi connectivity index (χ4v) is 2.45. The molecule has 1 unspecified atom stereocenters.